The predicted molar refractivity (Wildman–Crippen MR) is 113 cm³/mol. The summed E-state index contributed by atoms with van der Waals surface area (Å²) in [5.41, 5.74) is 5.27. The van der Waals surface area contributed by atoms with Gasteiger partial charge < -0.3 is 14.2 Å². The maximum Gasteiger partial charge on any atom is 0.164 e. The Hall–Kier alpha value is -2.24. The fourth-order valence-corrected chi connectivity index (χ4v) is 3.83. The Morgan fingerprint density at radius 3 is 1.75 bits per heavy atom. The highest BCUT2D eigenvalue weighted by atomic mass is 16.5. The quantitative estimate of drug-likeness (QED) is 0.728. The molecule has 0 N–H and O–H groups in total. The summed E-state index contributed by atoms with van der Waals surface area (Å²) in [6, 6.07) is 10.7. The van der Waals surface area contributed by atoms with Crippen molar-refractivity contribution in [2.45, 2.75) is 26.9 Å². The highest BCUT2D eigenvalue weighted by Gasteiger charge is 2.20. The smallest absolute Gasteiger partial charge is 0.164 e. The van der Waals surface area contributed by atoms with Crippen molar-refractivity contribution < 1.29 is 14.2 Å². The van der Waals surface area contributed by atoms with E-state index < -0.39 is 0 Å². The third-order valence-electron chi connectivity index (χ3n) is 5.54. The van der Waals surface area contributed by atoms with Gasteiger partial charge in [0.15, 0.2) is 11.5 Å². The van der Waals surface area contributed by atoms with E-state index in [0.29, 0.717) is 5.75 Å². The molecular weight excluding hydrogens is 352 g/mol. The van der Waals surface area contributed by atoms with E-state index in [1.807, 2.05) is 12.1 Å². The van der Waals surface area contributed by atoms with Crippen LogP contribution in [0.3, 0.4) is 0 Å². The monoisotopic (exact) mass is 384 g/mol. The molecule has 0 atom stereocenters. The first-order valence-corrected chi connectivity index (χ1v) is 9.83. The van der Waals surface area contributed by atoms with Crippen LogP contribution >= 0.6 is 0 Å². The predicted octanol–water partition coefficient (Wildman–Crippen LogP) is 3.65. The zero-order valence-corrected chi connectivity index (χ0v) is 17.7. The van der Waals surface area contributed by atoms with Crippen LogP contribution in [0, 0.1) is 13.8 Å². The van der Waals surface area contributed by atoms with Crippen molar-refractivity contribution in [2.75, 3.05) is 47.5 Å². The molecule has 1 aliphatic heterocycles. The lowest BCUT2D eigenvalue weighted by atomic mass is 10.0. The minimum atomic E-state index is 0.696. The fourth-order valence-electron chi connectivity index (χ4n) is 3.83. The summed E-state index contributed by atoms with van der Waals surface area (Å²) in [5, 5.41) is 0. The van der Waals surface area contributed by atoms with Crippen LogP contribution in [0.2, 0.25) is 0 Å². The minimum absolute atomic E-state index is 0.696. The molecule has 0 saturated carbocycles. The Morgan fingerprint density at radius 2 is 1.21 bits per heavy atom. The summed E-state index contributed by atoms with van der Waals surface area (Å²) in [4.78, 5) is 5.02. The molecule has 0 spiro atoms. The molecule has 2 aromatic rings. The van der Waals surface area contributed by atoms with E-state index in [0.717, 1.165) is 56.3 Å². The van der Waals surface area contributed by atoms with Crippen molar-refractivity contribution in [1.29, 1.82) is 0 Å². The normalized spacial score (nSPS) is 15.5. The third kappa shape index (κ3) is 4.78. The van der Waals surface area contributed by atoms with Gasteiger partial charge in [-0.1, -0.05) is 23.8 Å². The summed E-state index contributed by atoms with van der Waals surface area (Å²) in [5.74, 6) is 2.28. The van der Waals surface area contributed by atoms with Gasteiger partial charge in [-0.15, -0.1) is 0 Å². The Morgan fingerprint density at radius 1 is 0.679 bits per heavy atom. The standard InChI is InChI=1S/C23H32N2O3/c1-17-6-7-19(18(2)12-17)15-24-8-10-25(11-9-24)16-20-13-22(27-4)23(28-5)14-21(20)26-3/h6-7,12-14H,8-11,15-16H2,1-5H3. The second-order valence-corrected chi connectivity index (χ2v) is 7.50. The Balaban J connectivity index is 1.61. The summed E-state index contributed by atoms with van der Waals surface area (Å²) in [6.45, 7) is 10.5. The Labute approximate surface area is 168 Å². The van der Waals surface area contributed by atoms with Crippen LogP contribution in [0.15, 0.2) is 30.3 Å². The van der Waals surface area contributed by atoms with Crippen LogP contribution in [-0.4, -0.2) is 57.3 Å². The van der Waals surface area contributed by atoms with Gasteiger partial charge in [-0.25, -0.2) is 0 Å². The van der Waals surface area contributed by atoms with Crippen molar-refractivity contribution >= 4 is 0 Å². The van der Waals surface area contributed by atoms with Crippen LogP contribution in [0.25, 0.3) is 0 Å². The average Bonchev–Trinajstić information content (AvgIpc) is 2.71. The molecule has 3 rings (SSSR count). The molecule has 0 radical (unpaired) electrons. The lowest BCUT2D eigenvalue weighted by molar-refractivity contribution is 0.121. The SMILES string of the molecule is COc1cc(OC)c(OC)cc1CN1CCN(Cc2ccc(C)cc2C)CC1. The Bertz CT molecular complexity index is 799. The molecule has 1 saturated heterocycles. The second-order valence-electron chi connectivity index (χ2n) is 7.50. The van der Waals surface area contributed by atoms with Gasteiger partial charge in [-0.3, -0.25) is 9.80 Å². The lowest BCUT2D eigenvalue weighted by Crippen LogP contribution is -2.45. The van der Waals surface area contributed by atoms with Gasteiger partial charge in [-0.2, -0.15) is 0 Å². The van der Waals surface area contributed by atoms with Crippen LogP contribution in [0.1, 0.15) is 22.3 Å². The molecule has 28 heavy (non-hydrogen) atoms. The summed E-state index contributed by atoms with van der Waals surface area (Å²) < 4.78 is 16.4. The molecular formula is C23H32N2O3. The molecule has 0 amide bonds. The minimum Gasteiger partial charge on any atom is -0.496 e. The summed E-state index contributed by atoms with van der Waals surface area (Å²) >= 11 is 0. The number of piperazine rings is 1. The fraction of sp³-hybridized carbons (Fsp3) is 0.478. The van der Waals surface area contributed by atoms with Crippen molar-refractivity contribution in [3.63, 3.8) is 0 Å². The number of methoxy groups -OCH3 is 3. The molecule has 2 aromatic carbocycles. The summed E-state index contributed by atoms with van der Waals surface area (Å²) in [7, 11) is 5.01. The molecule has 5 nitrogen and oxygen atoms in total. The number of nitrogens with zero attached hydrogens (tertiary/aromatic N) is 2. The maximum absolute atomic E-state index is 5.58. The molecule has 1 heterocycles. The van der Waals surface area contributed by atoms with Crippen molar-refractivity contribution in [3.05, 3.63) is 52.6 Å². The molecule has 152 valence electrons. The van der Waals surface area contributed by atoms with E-state index >= 15 is 0 Å². The zero-order valence-electron chi connectivity index (χ0n) is 17.7. The maximum atomic E-state index is 5.58. The van der Waals surface area contributed by atoms with Crippen LogP contribution in [0.4, 0.5) is 0 Å². The second kappa shape index (κ2) is 9.30. The van der Waals surface area contributed by atoms with Crippen LogP contribution < -0.4 is 14.2 Å². The van der Waals surface area contributed by atoms with Gasteiger partial charge in [0.25, 0.3) is 0 Å². The lowest BCUT2D eigenvalue weighted by Gasteiger charge is -2.35. The highest BCUT2D eigenvalue weighted by molar-refractivity contribution is 5.50. The topological polar surface area (TPSA) is 34.2 Å². The van der Waals surface area contributed by atoms with E-state index in [4.69, 9.17) is 14.2 Å². The van der Waals surface area contributed by atoms with E-state index in [1.165, 1.54) is 16.7 Å². The van der Waals surface area contributed by atoms with Crippen molar-refractivity contribution in [3.8, 4) is 17.2 Å². The number of benzene rings is 2. The number of ether oxygens (including phenoxy) is 3. The first-order chi connectivity index (χ1) is 13.5. The van der Waals surface area contributed by atoms with Gasteiger partial charge >= 0.3 is 0 Å². The van der Waals surface area contributed by atoms with E-state index in [-0.39, 0.29) is 0 Å². The van der Waals surface area contributed by atoms with Gasteiger partial charge in [0, 0.05) is 50.9 Å². The molecule has 0 unspecified atom stereocenters. The van der Waals surface area contributed by atoms with E-state index in [1.54, 1.807) is 21.3 Å². The van der Waals surface area contributed by atoms with Crippen LogP contribution in [0.5, 0.6) is 17.2 Å². The van der Waals surface area contributed by atoms with Crippen molar-refractivity contribution in [2.24, 2.45) is 0 Å². The molecule has 1 aliphatic rings. The van der Waals surface area contributed by atoms with Gasteiger partial charge in [-0.05, 0) is 31.0 Å². The molecule has 0 aliphatic carbocycles. The third-order valence-corrected chi connectivity index (χ3v) is 5.54. The largest absolute Gasteiger partial charge is 0.496 e. The molecule has 5 heteroatoms. The van der Waals surface area contributed by atoms with Gasteiger partial charge in [0.1, 0.15) is 5.75 Å². The molecule has 0 bridgehead atoms. The van der Waals surface area contributed by atoms with Gasteiger partial charge in [0.2, 0.25) is 0 Å². The van der Waals surface area contributed by atoms with Gasteiger partial charge in [0.05, 0.1) is 21.3 Å². The van der Waals surface area contributed by atoms with E-state index in [9.17, 15) is 0 Å². The average molecular weight is 385 g/mol. The zero-order chi connectivity index (χ0) is 20.1. The number of hydrogen-bond donors (Lipinski definition) is 0. The summed E-state index contributed by atoms with van der Waals surface area (Å²) in [6.07, 6.45) is 0. The highest BCUT2D eigenvalue weighted by Crippen LogP contribution is 2.35. The van der Waals surface area contributed by atoms with E-state index in [2.05, 4.69) is 41.8 Å². The molecule has 0 aromatic heterocycles. The van der Waals surface area contributed by atoms with Crippen LogP contribution in [-0.2, 0) is 13.1 Å². The molecule has 1 fully saturated rings. The number of hydrogen-bond acceptors (Lipinski definition) is 5. The first kappa shape index (κ1) is 20.5. The number of aryl methyl sites for hydroxylation is 2. The Kier molecular flexibility index (Phi) is 6.81. The number of rotatable bonds is 7. The first-order valence-electron chi connectivity index (χ1n) is 9.83. The van der Waals surface area contributed by atoms with Crippen molar-refractivity contribution in [1.82, 2.24) is 9.80 Å².